The van der Waals surface area contributed by atoms with Gasteiger partial charge in [0.1, 0.15) is 11.4 Å². The van der Waals surface area contributed by atoms with Crippen LogP contribution in [0.15, 0.2) is 54.9 Å². The van der Waals surface area contributed by atoms with Gasteiger partial charge in [-0.1, -0.05) is 6.07 Å². The molecule has 0 unspecified atom stereocenters. The second kappa shape index (κ2) is 8.17. The van der Waals surface area contributed by atoms with Crippen molar-refractivity contribution in [3.63, 3.8) is 0 Å². The smallest absolute Gasteiger partial charge is 0.233 e. The molecule has 1 amide bonds. The zero-order chi connectivity index (χ0) is 18.4. The van der Waals surface area contributed by atoms with Crippen LogP contribution in [0.5, 0.6) is 5.75 Å². The summed E-state index contributed by atoms with van der Waals surface area (Å²) in [5.41, 5.74) is 2.26. The lowest BCUT2D eigenvalue weighted by Gasteiger charge is -2.21. The van der Waals surface area contributed by atoms with Crippen molar-refractivity contribution >= 4 is 17.2 Å². The summed E-state index contributed by atoms with van der Waals surface area (Å²) in [6.45, 7) is 2.85. The number of hydrogen-bond donors (Lipinski definition) is 0. The summed E-state index contributed by atoms with van der Waals surface area (Å²) < 4.78 is 7.33. The number of fused-ring (bicyclic) bond motifs is 1. The average Bonchev–Trinajstić information content (AvgIpc) is 3.05. The van der Waals surface area contributed by atoms with Gasteiger partial charge in [0.05, 0.1) is 31.2 Å². The van der Waals surface area contributed by atoms with Gasteiger partial charge in [-0.2, -0.15) is 5.26 Å². The number of ether oxygens (including phenoxy) is 1. The molecular formula is C20H20N4O2. The Hall–Kier alpha value is -3.33. The van der Waals surface area contributed by atoms with E-state index < -0.39 is 0 Å². The van der Waals surface area contributed by atoms with Crippen molar-refractivity contribution in [1.29, 1.82) is 5.26 Å². The first-order valence-electron chi connectivity index (χ1n) is 8.54. The maximum absolute atomic E-state index is 12.8. The fourth-order valence-corrected chi connectivity index (χ4v) is 2.77. The molecule has 0 aliphatic heterocycles. The monoisotopic (exact) mass is 348 g/mol. The highest BCUT2D eigenvalue weighted by Gasteiger charge is 2.17. The Bertz CT molecular complexity index is 892. The molecule has 6 nitrogen and oxygen atoms in total. The summed E-state index contributed by atoms with van der Waals surface area (Å²) in [6.07, 6.45) is 4.20. The molecule has 6 heteroatoms. The van der Waals surface area contributed by atoms with E-state index in [1.165, 1.54) is 0 Å². The molecule has 0 aliphatic carbocycles. The van der Waals surface area contributed by atoms with Crippen molar-refractivity contribution in [1.82, 2.24) is 9.38 Å². The summed E-state index contributed by atoms with van der Waals surface area (Å²) in [6, 6.07) is 15.2. The number of carbonyl (C=O) groups excluding carboxylic acids is 1. The maximum Gasteiger partial charge on any atom is 0.233 e. The third-order valence-corrected chi connectivity index (χ3v) is 3.95. The van der Waals surface area contributed by atoms with Crippen LogP contribution >= 0.6 is 0 Å². The van der Waals surface area contributed by atoms with E-state index in [9.17, 15) is 4.79 Å². The van der Waals surface area contributed by atoms with Crippen LogP contribution in [0.4, 0.5) is 5.69 Å². The number of nitrogens with zero attached hydrogens (tertiary/aromatic N) is 4. The second-order valence-corrected chi connectivity index (χ2v) is 5.76. The van der Waals surface area contributed by atoms with Crippen molar-refractivity contribution in [3.8, 4) is 11.8 Å². The van der Waals surface area contributed by atoms with E-state index >= 15 is 0 Å². The molecule has 0 atom stereocenters. The van der Waals surface area contributed by atoms with Crippen molar-refractivity contribution in [3.05, 3.63) is 60.6 Å². The van der Waals surface area contributed by atoms with Crippen LogP contribution in [0.3, 0.4) is 0 Å². The van der Waals surface area contributed by atoms with E-state index in [-0.39, 0.29) is 18.7 Å². The molecule has 2 aromatic heterocycles. The summed E-state index contributed by atoms with van der Waals surface area (Å²) in [5, 5.41) is 8.92. The van der Waals surface area contributed by atoms with Gasteiger partial charge >= 0.3 is 0 Å². The van der Waals surface area contributed by atoms with Crippen LogP contribution in [-0.2, 0) is 11.2 Å². The SMILES string of the molecule is CCOc1ccc(N(CCC#N)C(=O)Cc2cn3ccccc3n2)cc1. The zero-order valence-corrected chi connectivity index (χ0v) is 14.6. The zero-order valence-electron chi connectivity index (χ0n) is 14.6. The van der Waals surface area contributed by atoms with Gasteiger partial charge in [-0.25, -0.2) is 4.98 Å². The van der Waals surface area contributed by atoms with E-state index in [1.54, 1.807) is 4.90 Å². The Morgan fingerprint density at radius 1 is 1.27 bits per heavy atom. The van der Waals surface area contributed by atoms with Gasteiger partial charge < -0.3 is 14.0 Å². The predicted octanol–water partition coefficient (Wildman–Crippen LogP) is 3.22. The fraction of sp³-hybridized carbons (Fsp3) is 0.250. The number of anilines is 1. The molecule has 26 heavy (non-hydrogen) atoms. The van der Waals surface area contributed by atoms with E-state index in [4.69, 9.17) is 10.00 Å². The van der Waals surface area contributed by atoms with E-state index in [0.29, 0.717) is 18.8 Å². The van der Waals surface area contributed by atoms with Crippen LogP contribution in [0, 0.1) is 11.3 Å². The van der Waals surface area contributed by atoms with Gasteiger partial charge in [-0.15, -0.1) is 0 Å². The van der Waals surface area contributed by atoms with Crippen LogP contribution in [0.25, 0.3) is 5.65 Å². The summed E-state index contributed by atoms with van der Waals surface area (Å²) in [5.74, 6) is 0.664. The summed E-state index contributed by atoms with van der Waals surface area (Å²) >= 11 is 0. The quantitative estimate of drug-likeness (QED) is 0.657. The molecule has 0 saturated heterocycles. The molecule has 0 aliphatic rings. The predicted molar refractivity (Wildman–Crippen MR) is 99.1 cm³/mol. The van der Waals surface area contributed by atoms with E-state index in [0.717, 1.165) is 17.1 Å². The highest BCUT2D eigenvalue weighted by atomic mass is 16.5. The number of amides is 1. The lowest BCUT2D eigenvalue weighted by molar-refractivity contribution is -0.118. The molecule has 2 heterocycles. The molecule has 0 spiro atoms. The van der Waals surface area contributed by atoms with Gasteiger partial charge in [0.25, 0.3) is 0 Å². The van der Waals surface area contributed by atoms with Gasteiger partial charge in [-0.3, -0.25) is 4.79 Å². The number of imidazole rings is 1. The lowest BCUT2D eigenvalue weighted by Crippen LogP contribution is -2.33. The fourth-order valence-electron chi connectivity index (χ4n) is 2.77. The molecule has 0 radical (unpaired) electrons. The number of pyridine rings is 1. The maximum atomic E-state index is 12.8. The van der Waals surface area contributed by atoms with Gasteiger partial charge in [0.2, 0.25) is 5.91 Å². The van der Waals surface area contributed by atoms with Crippen molar-refractivity contribution in [2.75, 3.05) is 18.1 Å². The van der Waals surface area contributed by atoms with Gasteiger partial charge in [0.15, 0.2) is 0 Å². The van der Waals surface area contributed by atoms with Crippen molar-refractivity contribution in [2.24, 2.45) is 0 Å². The average molecular weight is 348 g/mol. The third-order valence-electron chi connectivity index (χ3n) is 3.95. The Labute approximate surface area is 152 Å². The third kappa shape index (κ3) is 4.01. The lowest BCUT2D eigenvalue weighted by atomic mass is 10.2. The second-order valence-electron chi connectivity index (χ2n) is 5.76. The van der Waals surface area contributed by atoms with Crippen molar-refractivity contribution in [2.45, 2.75) is 19.8 Å². The minimum atomic E-state index is -0.0900. The van der Waals surface area contributed by atoms with E-state index in [1.807, 2.05) is 66.2 Å². The Kier molecular flexibility index (Phi) is 5.49. The number of nitriles is 1. The molecule has 0 bridgehead atoms. The Balaban J connectivity index is 1.79. The minimum Gasteiger partial charge on any atom is -0.494 e. The van der Waals surface area contributed by atoms with Crippen LogP contribution in [0.1, 0.15) is 19.0 Å². The Morgan fingerprint density at radius 3 is 2.77 bits per heavy atom. The molecule has 132 valence electrons. The van der Waals surface area contributed by atoms with Crippen LogP contribution < -0.4 is 9.64 Å². The molecule has 3 aromatic rings. The number of aromatic nitrogens is 2. The molecule has 0 N–H and O–H groups in total. The number of hydrogen-bond acceptors (Lipinski definition) is 4. The first-order valence-corrected chi connectivity index (χ1v) is 8.54. The minimum absolute atomic E-state index is 0.0900. The molecular weight excluding hydrogens is 328 g/mol. The van der Waals surface area contributed by atoms with Crippen LogP contribution in [-0.4, -0.2) is 28.4 Å². The van der Waals surface area contributed by atoms with E-state index in [2.05, 4.69) is 11.1 Å². The molecule has 0 saturated carbocycles. The highest BCUT2D eigenvalue weighted by molar-refractivity contribution is 5.94. The number of rotatable bonds is 7. The number of benzene rings is 1. The molecule has 0 fully saturated rings. The summed E-state index contributed by atoms with van der Waals surface area (Å²) in [7, 11) is 0. The first kappa shape index (κ1) is 17.5. The van der Waals surface area contributed by atoms with Gasteiger partial charge in [-0.05, 0) is 43.3 Å². The van der Waals surface area contributed by atoms with Crippen molar-refractivity contribution < 1.29 is 9.53 Å². The largest absolute Gasteiger partial charge is 0.494 e. The topological polar surface area (TPSA) is 70.6 Å². The number of carbonyl (C=O) groups is 1. The van der Waals surface area contributed by atoms with Gasteiger partial charge in [0, 0.05) is 24.6 Å². The highest BCUT2D eigenvalue weighted by Crippen LogP contribution is 2.21. The standard InChI is InChI=1S/C20H20N4O2/c1-2-26-18-9-7-17(8-10-18)24(13-5-11-21)20(25)14-16-15-23-12-4-3-6-19(23)22-16/h3-4,6-10,12,15H,2,5,13-14H2,1H3. The first-order chi connectivity index (χ1) is 12.7. The normalized spacial score (nSPS) is 10.5. The molecule has 3 rings (SSSR count). The van der Waals surface area contributed by atoms with Crippen LogP contribution in [0.2, 0.25) is 0 Å². The Morgan fingerprint density at radius 2 is 2.08 bits per heavy atom. The summed E-state index contributed by atoms with van der Waals surface area (Å²) in [4.78, 5) is 18.9. The molecule has 1 aromatic carbocycles.